The van der Waals surface area contributed by atoms with E-state index in [0.717, 1.165) is 33.5 Å². The maximum atomic E-state index is 7.53. The summed E-state index contributed by atoms with van der Waals surface area (Å²) in [5, 5.41) is 5.00. The van der Waals surface area contributed by atoms with Crippen LogP contribution in [-0.2, 0) is 5.41 Å². The second kappa shape index (κ2) is 10.3. The maximum absolute atomic E-state index is 7.53. The molecule has 3 aliphatic rings. The third kappa shape index (κ3) is 4.14. The number of nitrogens with zero attached hydrogens (tertiary/aromatic N) is 3. The highest BCUT2D eigenvalue weighted by Crippen LogP contribution is 2.58. The van der Waals surface area contributed by atoms with Crippen molar-refractivity contribution in [1.82, 2.24) is 4.98 Å². The van der Waals surface area contributed by atoms with E-state index in [-0.39, 0.29) is 10.9 Å². The smallest absolute Gasteiger partial charge is 0.187 e. The Morgan fingerprint density at radius 2 is 1.37 bits per heavy atom. The van der Waals surface area contributed by atoms with Crippen LogP contribution in [0.4, 0.5) is 22.7 Å². The minimum Gasteiger partial charge on any atom is -0.354 e. The lowest BCUT2D eigenvalue weighted by Crippen LogP contribution is -2.24. The number of aromatic nitrogens is 1. The summed E-state index contributed by atoms with van der Waals surface area (Å²) >= 11 is 1.86. The quantitative estimate of drug-likeness (QED) is 0.194. The molecule has 1 N–H and O–H groups in total. The van der Waals surface area contributed by atoms with Gasteiger partial charge in [0, 0.05) is 21.3 Å². The molecule has 1 aliphatic carbocycles. The molecule has 0 spiro atoms. The number of nitrogens with one attached hydrogen (secondary N) is 1. The van der Waals surface area contributed by atoms with Gasteiger partial charge in [-0.15, -0.1) is 0 Å². The molecule has 0 amide bonds. The predicted octanol–water partition coefficient (Wildman–Crippen LogP) is 12.0. The van der Waals surface area contributed by atoms with Gasteiger partial charge >= 0.3 is 0 Å². The molecule has 3 heterocycles. The van der Waals surface area contributed by atoms with Gasteiger partial charge in [0.2, 0.25) is 0 Å². The highest BCUT2D eigenvalue weighted by atomic mass is 32.2. The fourth-order valence-electron chi connectivity index (χ4n) is 7.97. The summed E-state index contributed by atoms with van der Waals surface area (Å²) < 4.78 is 0. The number of para-hydroxylation sites is 1. The first-order valence-electron chi connectivity index (χ1n) is 16.6. The number of fused-ring (bicyclic) bond motifs is 10. The molecule has 10 rings (SSSR count). The maximum Gasteiger partial charge on any atom is 0.187 e. The largest absolute Gasteiger partial charge is 0.354 e. The molecule has 6 aromatic carbocycles. The first kappa shape index (κ1) is 28.2. The van der Waals surface area contributed by atoms with Crippen molar-refractivity contribution in [3.8, 4) is 44.6 Å². The summed E-state index contributed by atoms with van der Waals surface area (Å²) in [7, 11) is 0. The molecule has 0 radical (unpaired) electrons. The number of anilines is 3. The Hall–Kier alpha value is -5.83. The van der Waals surface area contributed by atoms with E-state index in [2.05, 4.69) is 156 Å². The molecule has 1 aromatic heterocycles. The van der Waals surface area contributed by atoms with E-state index in [9.17, 15) is 0 Å². The van der Waals surface area contributed by atoms with Crippen molar-refractivity contribution in [3.05, 3.63) is 156 Å². The Balaban J connectivity index is 1.05. The van der Waals surface area contributed by atoms with Crippen molar-refractivity contribution in [3.63, 3.8) is 0 Å². The van der Waals surface area contributed by atoms with Crippen molar-refractivity contribution in [2.24, 2.45) is 0 Å². The van der Waals surface area contributed by atoms with Gasteiger partial charge in [0.05, 0.1) is 34.8 Å². The molecular weight excluding hydrogens is 617 g/mol. The van der Waals surface area contributed by atoms with E-state index in [0.29, 0.717) is 5.69 Å². The summed E-state index contributed by atoms with van der Waals surface area (Å²) in [4.78, 5) is 12.6. The fraction of sp³-hybridized carbons (Fsp3) is 0.0909. The van der Waals surface area contributed by atoms with Crippen molar-refractivity contribution in [1.29, 1.82) is 0 Å². The number of thioether (sulfide) groups is 1. The molecule has 0 fully saturated rings. The van der Waals surface area contributed by atoms with Crippen LogP contribution in [0.3, 0.4) is 0 Å². The SMILES string of the molecule is [C-]#[N+]c1ccc2c(c1)C(C)(C)c1cc(-c3cccc(-c4ccc5c(c4)N4c6c(-c7ccccc7)nc7ccccc7c6NC4S5)c3)ccc1-2. The standard InChI is InChI=1S/C44H30N4S/c1-44(2)35-23-29(16-19-32(35)33-20-18-31(45-3)25-36(33)44)27-12-9-13-28(22-27)30-17-21-39-38(24-30)48-42-40(26-10-5-4-6-11-26)46-37-15-8-7-14-34(37)41(42)47-43(48)49-39/h4-25,43,47H,1-2H3. The number of hydrogen-bond acceptors (Lipinski definition) is 4. The van der Waals surface area contributed by atoms with Crippen LogP contribution in [0.15, 0.2) is 138 Å². The van der Waals surface area contributed by atoms with Gasteiger partial charge < -0.3 is 10.2 Å². The number of rotatable bonds is 3. The van der Waals surface area contributed by atoms with E-state index >= 15 is 0 Å². The lowest BCUT2D eigenvalue weighted by Gasteiger charge is -2.22. The average Bonchev–Trinajstić information content (AvgIpc) is 3.77. The summed E-state index contributed by atoms with van der Waals surface area (Å²) in [6, 6.07) is 47.7. The van der Waals surface area contributed by atoms with Gasteiger partial charge in [-0.05, 0) is 74.8 Å². The average molecular weight is 647 g/mol. The van der Waals surface area contributed by atoms with Crippen LogP contribution < -0.4 is 10.2 Å². The van der Waals surface area contributed by atoms with Gasteiger partial charge in [-0.1, -0.05) is 129 Å². The Morgan fingerprint density at radius 1 is 0.694 bits per heavy atom. The van der Waals surface area contributed by atoms with E-state index in [1.165, 1.54) is 55.1 Å². The molecule has 0 bridgehead atoms. The summed E-state index contributed by atoms with van der Waals surface area (Å²) in [6.07, 6.45) is 0. The van der Waals surface area contributed by atoms with Crippen LogP contribution in [0.25, 0.3) is 60.4 Å². The van der Waals surface area contributed by atoms with Gasteiger partial charge in [0.1, 0.15) is 0 Å². The van der Waals surface area contributed by atoms with E-state index in [1.807, 2.05) is 17.8 Å². The zero-order valence-electron chi connectivity index (χ0n) is 27.0. The van der Waals surface area contributed by atoms with Crippen LogP contribution in [0, 0.1) is 6.57 Å². The molecule has 0 saturated heterocycles. The molecule has 2 aliphatic heterocycles. The van der Waals surface area contributed by atoms with Crippen molar-refractivity contribution >= 4 is 45.4 Å². The topological polar surface area (TPSA) is 32.5 Å². The lowest BCUT2D eigenvalue weighted by molar-refractivity contribution is 0.661. The van der Waals surface area contributed by atoms with Gasteiger partial charge in [-0.3, -0.25) is 0 Å². The highest BCUT2D eigenvalue weighted by molar-refractivity contribution is 8.00. The zero-order chi connectivity index (χ0) is 32.9. The molecule has 0 saturated carbocycles. The molecule has 1 unspecified atom stereocenters. The van der Waals surface area contributed by atoms with Gasteiger partial charge in [-0.25, -0.2) is 9.83 Å². The minimum atomic E-state index is -0.175. The van der Waals surface area contributed by atoms with E-state index in [4.69, 9.17) is 11.6 Å². The molecule has 1 atom stereocenters. The second-order valence-electron chi connectivity index (χ2n) is 13.5. The lowest BCUT2D eigenvalue weighted by atomic mass is 9.81. The van der Waals surface area contributed by atoms with E-state index in [1.54, 1.807) is 0 Å². The minimum absolute atomic E-state index is 0.0615. The normalized spacial score (nSPS) is 15.9. The Bertz CT molecular complexity index is 2560. The molecule has 49 heavy (non-hydrogen) atoms. The summed E-state index contributed by atoms with van der Waals surface area (Å²) in [5.74, 6) is 0. The first-order chi connectivity index (χ1) is 24.0. The number of hydrogen-bond donors (Lipinski definition) is 1. The number of benzene rings is 6. The fourth-order valence-corrected chi connectivity index (χ4v) is 9.14. The predicted molar refractivity (Wildman–Crippen MR) is 204 cm³/mol. The molecule has 4 nitrogen and oxygen atoms in total. The van der Waals surface area contributed by atoms with Gasteiger partial charge in [-0.2, -0.15) is 0 Å². The van der Waals surface area contributed by atoms with E-state index < -0.39 is 0 Å². The molecule has 5 heteroatoms. The second-order valence-corrected chi connectivity index (χ2v) is 14.7. The van der Waals surface area contributed by atoms with Crippen molar-refractivity contribution < 1.29 is 0 Å². The Labute approximate surface area is 289 Å². The summed E-state index contributed by atoms with van der Waals surface area (Å²) in [5.41, 5.74) is 17.0. The van der Waals surface area contributed by atoms with Crippen LogP contribution in [0.1, 0.15) is 25.0 Å². The van der Waals surface area contributed by atoms with Gasteiger partial charge in [0.15, 0.2) is 11.2 Å². The van der Waals surface area contributed by atoms with Crippen LogP contribution in [0.2, 0.25) is 0 Å². The molecule has 232 valence electrons. The summed E-state index contributed by atoms with van der Waals surface area (Å²) in [6.45, 7) is 12.1. The van der Waals surface area contributed by atoms with Gasteiger partial charge in [0.25, 0.3) is 0 Å². The van der Waals surface area contributed by atoms with Crippen LogP contribution in [-0.4, -0.2) is 10.5 Å². The highest BCUT2D eigenvalue weighted by Gasteiger charge is 2.41. The number of pyridine rings is 1. The van der Waals surface area contributed by atoms with Crippen LogP contribution in [0.5, 0.6) is 0 Å². The Kier molecular flexibility index (Phi) is 5.95. The molecular formula is C44H30N4S. The third-order valence-electron chi connectivity index (χ3n) is 10.4. The van der Waals surface area contributed by atoms with Crippen molar-refractivity contribution in [2.75, 3.05) is 10.2 Å². The monoisotopic (exact) mass is 646 g/mol. The van der Waals surface area contributed by atoms with Crippen LogP contribution >= 0.6 is 11.8 Å². The Morgan fingerprint density at radius 3 is 2.18 bits per heavy atom. The first-order valence-corrected chi connectivity index (χ1v) is 17.5. The molecule has 7 aromatic rings. The zero-order valence-corrected chi connectivity index (χ0v) is 27.8. The van der Waals surface area contributed by atoms with Crippen molar-refractivity contribution in [2.45, 2.75) is 29.7 Å². The third-order valence-corrected chi connectivity index (χ3v) is 11.6.